The maximum Gasteiger partial charge on any atom is 0.416 e. The summed E-state index contributed by atoms with van der Waals surface area (Å²) in [6.07, 6.45) is 9.79. The van der Waals surface area contributed by atoms with E-state index in [-0.39, 0.29) is 5.82 Å². The first-order valence-corrected chi connectivity index (χ1v) is 13.7. The largest absolute Gasteiger partial charge is 0.416 e. The predicted octanol–water partition coefficient (Wildman–Crippen LogP) is 10.4. The van der Waals surface area contributed by atoms with Gasteiger partial charge in [-0.1, -0.05) is 87.9 Å². The van der Waals surface area contributed by atoms with Crippen LogP contribution in [0.15, 0.2) is 54.6 Å². The van der Waals surface area contributed by atoms with E-state index in [0.29, 0.717) is 29.7 Å². The molecule has 1 aliphatic carbocycles. The van der Waals surface area contributed by atoms with Gasteiger partial charge in [-0.15, -0.1) is 0 Å². The molecule has 4 rings (SSSR count). The summed E-state index contributed by atoms with van der Waals surface area (Å²) >= 11 is 0. The molecule has 0 atom stereocenters. The Labute approximate surface area is 213 Å². The quantitative estimate of drug-likeness (QED) is 0.193. The Hall–Kier alpha value is -2.36. The van der Waals surface area contributed by atoms with E-state index >= 15 is 4.39 Å². The molecule has 0 amide bonds. The number of hydrogen-bond donors (Lipinski definition) is 0. The smallest absolute Gasteiger partial charge is 0.206 e. The Morgan fingerprint density at radius 3 is 2.19 bits per heavy atom. The number of unbranched alkanes of at least 4 members (excludes halogenated alkanes) is 4. The van der Waals surface area contributed by atoms with Gasteiger partial charge >= 0.3 is 6.18 Å². The highest BCUT2D eigenvalue weighted by Gasteiger charge is 2.30. The van der Waals surface area contributed by atoms with Crippen molar-refractivity contribution in [3.8, 4) is 0 Å². The molecule has 194 valence electrons. The van der Waals surface area contributed by atoms with Crippen molar-refractivity contribution in [3.05, 3.63) is 82.7 Å². The minimum atomic E-state index is -4.34. The number of fused-ring (bicyclic) bond motifs is 1. The van der Waals surface area contributed by atoms with Crippen LogP contribution in [-0.4, -0.2) is 0 Å². The third-order valence-electron chi connectivity index (χ3n) is 8.06. The molecule has 1 saturated carbocycles. The standard InChI is InChI=1S/C32H38F4/c1-2-3-4-5-6-7-23-8-13-25(14-9-23)27-18-21-30-28(22-27)17-16-26(31(30)33)15-10-24-11-19-29(20-12-24)32(34,35)36/h11-12,16-23,25H,2-10,13-15H2,1H3. The van der Waals surface area contributed by atoms with Crippen molar-refractivity contribution in [3.63, 3.8) is 0 Å². The van der Waals surface area contributed by atoms with Crippen molar-refractivity contribution >= 4 is 10.8 Å². The molecule has 3 aromatic carbocycles. The molecule has 36 heavy (non-hydrogen) atoms. The summed E-state index contributed by atoms with van der Waals surface area (Å²) in [5, 5.41) is 1.56. The molecule has 3 aromatic rings. The molecular weight excluding hydrogens is 460 g/mol. The molecule has 1 fully saturated rings. The maximum absolute atomic E-state index is 15.3. The lowest BCUT2D eigenvalue weighted by Gasteiger charge is -2.29. The van der Waals surface area contributed by atoms with E-state index in [1.165, 1.54) is 81.9 Å². The lowest BCUT2D eigenvalue weighted by molar-refractivity contribution is -0.137. The van der Waals surface area contributed by atoms with Crippen LogP contribution in [0.1, 0.15) is 99.3 Å². The Morgan fingerprint density at radius 1 is 0.778 bits per heavy atom. The number of benzene rings is 3. The van der Waals surface area contributed by atoms with E-state index < -0.39 is 11.7 Å². The minimum Gasteiger partial charge on any atom is -0.206 e. The van der Waals surface area contributed by atoms with Gasteiger partial charge in [0, 0.05) is 5.39 Å². The number of aryl methyl sites for hydroxylation is 2. The van der Waals surface area contributed by atoms with E-state index in [9.17, 15) is 13.2 Å². The Bertz CT molecular complexity index is 1110. The molecule has 0 bridgehead atoms. The molecule has 0 radical (unpaired) electrons. The number of hydrogen-bond acceptors (Lipinski definition) is 0. The summed E-state index contributed by atoms with van der Waals surface area (Å²) in [6.45, 7) is 2.26. The first-order valence-electron chi connectivity index (χ1n) is 13.7. The van der Waals surface area contributed by atoms with Gasteiger partial charge in [0.05, 0.1) is 5.56 Å². The fourth-order valence-electron chi connectivity index (χ4n) is 5.76. The van der Waals surface area contributed by atoms with Crippen molar-refractivity contribution in [2.24, 2.45) is 5.92 Å². The summed E-state index contributed by atoms with van der Waals surface area (Å²) in [5.41, 5.74) is 2.04. The second kappa shape index (κ2) is 12.3. The third-order valence-corrected chi connectivity index (χ3v) is 8.06. The van der Waals surface area contributed by atoms with Crippen molar-refractivity contribution in [1.29, 1.82) is 0 Å². The van der Waals surface area contributed by atoms with Gasteiger partial charge in [-0.3, -0.25) is 0 Å². The van der Waals surface area contributed by atoms with Crippen LogP contribution < -0.4 is 0 Å². The van der Waals surface area contributed by atoms with Crippen LogP contribution in [0.4, 0.5) is 17.6 Å². The summed E-state index contributed by atoms with van der Waals surface area (Å²) in [5.74, 6) is 1.22. The van der Waals surface area contributed by atoms with E-state index in [1.54, 1.807) is 0 Å². The van der Waals surface area contributed by atoms with Gasteiger partial charge in [0.2, 0.25) is 0 Å². The molecule has 0 aromatic heterocycles. The van der Waals surface area contributed by atoms with Crippen LogP contribution in [-0.2, 0) is 19.0 Å². The van der Waals surface area contributed by atoms with E-state index in [2.05, 4.69) is 19.1 Å². The average molecular weight is 499 g/mol. The highest BCUT2D eigenvalue weighted by molar-refractivity contribution is 5.84. The zero-order chi connectivity index (χ0) is 25.5. The topological polar surface area (TPSA) is 0 Å². The van der Waals surface area contributed by atoms with Gasteiger partial charge in [0.1, 0.15) is 5.82 Å². The van der Waals surface area contributed by atoms with Crippen LogP contribution >= 0.6 is 0 Å². The highest BCUT2D eigenvalue weighted by atomic mass is 19.4. The molecule has 0 saturated heterocycles. The summed E-state index contributed by atoms with van der Waals surface area (Å²) in [6, 6.07) is 15.1. The van der Waals surface area contributed by atoms with E-state index in [1.807, 2.05) is 18.2 Å². The van der Waals surface area contributed by atoms with Gasteiger partial charge < -0.3 is 0 Å². The zero-order valence-corrected chi connectivity index (χ0v) is 21.3. The molecule has 0 N–H and O–H groups in total. The number of rotatable bonds is 10. The summed E-state index contributed by atoms with van der Waals surface area (Å²) in [7, 11) is 0. The SMILES string of the molecule is CCCCCCCC1CCC(c2ccc3c(F)c(CCc4ccc(C(F)(F)F)cc4)ccc3c2)CC1. The van der Waals surface area contributed by atoms with E-state index in [0.717, 1.165) is 29.0 Å². The number of halogens is 4. The molecule has 4 heteroatoms. The normalized spacial score (nSPS) is 18.6. The highest BCUT2D eigenvalue weighted by Crippen LogP contribution is 2.39. The van der Waals surface area contributed by atoms with Crippen molar-refractivity contribution in [2.75, 3.05) is 0 Å². The average Bonchev–Trinajstić information content (AvgIpc) is 2.88. The Kier molecular flexibility index (Phi) is 9.09. The molecule has 1 aliphatic rings. The molecule has 0 aliphatic heterocycles. The molecule has 0 spiro atoms. The number of alkyl halides is 3. The molecule has 0 unspecified atom stereocenters. The fourth-order valence-corrected chi connectivity index (χ4v) is 5.76. The lowest BCUT2D eigenvalue weighted by Crippen LogP contribution is -2.13. The second-order valence-corrected chi connectivity index (χ2v) is 10.6. The van der Waals surface area contributed by atoms with Gasteiger partial charge in [0.25, 0.3) is 0 Å². The summed E-state index contributed by atoms with van der Waals surface area (Å²) < 4.78 is 53.6. The van der Waals surface area contributed by atoms with Gasteiger partial charge in [-0.2, -0.15) is 13.2 Å². The molecule has 0 nitrogen and oxygen atoms in total. The fraction of sp³-hybridized carbons (Fsp3) is 0.500. The summed E-state index contributed by atoms with van der Waals surface area (Å²) in [4.78, 5) is 0. The Morgan fingerprint density at radius 2 is 1.50 bits per heavy atom. The van der Waals surface area contributed by atoms with Crippen LogP contribution in [0.25, 0.3) is 10.8 Å². The van der Waals surface area contributed by atoms with Gasteiger partial charge in [0.15, 0.2) is 0 Å². The van der Waals surface area contributed by atoms with Crippen LogP contribution in [0.2, 0.25) is 0 Å². The van der Waals surface area contributed by atoms with Crippen LogP contribution in [0, 0.1) is 11.7 Å². The van der Waals surface area contributed by atoms with Crippen molar-refractivity contribution in [1.82, 2.24) is 0 Å². The van der Waals surface area contributed by atoms with E-state index in [4.69, 9.17) is 0 Å². The van der Waals surface area contributed by atoms with Crippen molar-refractivity contribution in [2.45, 2.75) is 96.1 Å². The second-order valence-electron chi connectivity index (χ2n) is 10.6. The maximum atomic E-state index is 15.3. The Balaban J connectivity index is 1.33. The first-order chi connectivity index (χ1) is 17.3. The monoisotopic (exact) mass is 498 g/mol. The zero-order valence-electron chi connectivity index (χ0n) is 21.3. The third kappa shape index (κ3) is 6.89. The first kappa shape index (κ1) is 26.7. The van der Waals surface area contributed by atoms with Gasteiger partial charge in [-0.25, -0.2) is 4.39 Å². The minimum absolute atomic E-state index is 0.210. The van der Waals surface area contributed by atoms with Crippen molar-refractivity contribution < 1.29 is 17.6 Å². The van der Waals surface area contributed by atoms with Crippen LogP contribution in [0.5, 0.6) is 0 Å². The molecular formula is C32H38F4. The predicted molar refractivity (Wildman–Crippen MR) is 141 cm³/mol. The van der Waals surface area contributed by atoms with Crippen LogP contribution in [0.3, 0.4) is 0 Å². The van der Waals surface area contributed by atoms with Gasteiger partial charge in [-0.05, 0) is 84.6 Å². The molecule has 0 heterocycles. The lowest BCUT2D eigenvalue weighted by atomic mass is 9.76.